The minimum absolute atomic E-state index is 0.167. The number of rotatable bonds is 4. The van der Waals surface area contributed by atoms with Gasteiger partial charge in [-0.15, -0.1) is 0 Å². The molecule has 1 aromatic heterocycles. The van der Waals surface area contributed by atoms with Crippen molar-refractivity contribution in [2.45, 2.75) is 0 Å². The summed E-state index contributed by atoms with van der Waals surface area (Å²) in [4.78, 5) is 24.2. The van der Waals surface area contributed by atoms with Gasteiger partial charge >= 0.3 is 11.7 Å². The Kier molecular flexibility index (Phi) is 3.29. The molecule has 2 rings (SSSR count). The van der Waals surface area contributed by atoms with E-state index in [4.69, 9.17) is 14.3 Å². The molecule has 0 atom stereocenters. The van der Waals surface area contributed by atoms with Gasteiger partial charge in [0.15, 0.2) is 5.58 Å². The normalized spacial score (nSPS) is 11.9. The largest absolute Gasteiger partial charge is 0.478 e. The smallest absolute Gasteiger partial charge is 0.417 e. The van der Waals surface area contributed by atoms with Gasteiger partial charge in [-0.2, -0.15) is 0 Å². The molecule has 18 heavy (non-hydrogen) atoms. The van der Waals surface area contributed by atoms with Gasteiger partial charge in [0.2, 0.25) is 0 Å². The Morgan fingerprint density at radius 1 is 1.56 bits per heavy atom. The van der Waals surface area contributed by atoms with Crippen molar-refractivity contribution < 1.29 is 19.1 Å². The molecule has 0 aliphatic heterocycles. The highest BCUT2D eigenvalue weighted by molar-refractivity contribution is 5.91. The number of carboxylic acids is 1. The monoisotopic (exact) mass is 249 g/mol. The van der Waals surface area contributed by atoms with Gasteiger partial charge < -0.3 is 14.3 Å². The first-order chi connectivity index (χ1) is 8.60. The van der Waals surface area contributed by atoms with Crippen LogP contribution >= 0.6 is 0 Å². The number of methoxy groups -OCH3 is 1. The summed E-state index contributed by atoms with van der Waals surface area (Å²) >= 11 is 0. The van der Waals surface area contributed by atoms with Gasteiger partial charge in [-0.1, -0.05) is 6.07 Å². The van der Waals surface area contributed by atoms with E-state index in [0.29, 0.717) is 22.2 Å². The first-order valence-electron chi connectivity index (χ1n) is 5.16. The van der Waals surface area contributed by atoms with E-state index in [9.17, 15) is 9.59 Å². The number of carboxylic acid groups (broad SMARTS) is 1. The summed E-state index contributed by atoms with van der Waals surface area (Å²) in [6.45, 7) is 0.167. The number of aromatic amines is 1. The molecule has 0 aliphatic rings. The van der Waals surface area contributed by atoms with E-state index in [1.807, 2.05) is 0 Å². The maximum absolute atomic E-state index is 11.0. The fraction of sp³-hybridized carbons (Fsp3) is 0.167. The van der Waals surface area contributed by atoms with Crippen LogP contribution in [0, 0.1) is 0 Å². The number of ether oxygens (including phenoxy) is 1. The molecule has 0 fully saturated rings. The van der Waals surface area contributed by atoms with E-state index in [-0.39, 0.29) is 6.61 Å². The summed E-state index contributed by atoms with van der Waals surface area (Å²) in [5, 5.41) is 8.78. The van der Waals surface area contributed by atoms with Gasteiger partial charge in [-0.05, 0) is 23.3 Å². The predicted octanol–water partition coefficient (Wildman–Crippen LogP) is 1.24. The standard InChI is InChI=1S/C12H11NO5/c1-17-6-8(5-11(14)15)7-2-3-10-9(4-7)13-12(16)18-10/h2-5H,6H2,1H3,(H,13,16)(H,14,15)/b8-5+. The van der Waals surface area contributed by atoms with Crippen LogP contribution in [0.4, 0.5) is 0 Å². The topological polar surface area (TPSA) is 92.5 Å². The van der Waals surface area contributed by atoms with Crippen molar-refractivity contribution in [1.82, 2.24) is 4.98 Å². The fourth-order valence-electron chi connectivity index (χ4n) is 1.66. The molecule has 94 valence electrons. The number of aromatic nitrogens is 1. The van der Waals surface area contributed by atoms with Crippen molar-refractivity contribution in [1.29, 1.82) is 0 Å². The number of H-pyrrole nitrogens is 1. The Balaban J connectivity index is 2.50. The van der Waals surface area contributed by atoms with Crippen molar-refractivity contribution in [3.8, 4) is 0 Å². The van der Waals surface area contributed by atoms with Crippen molar-refractivity contribution in [3.63, 3.8) is 0 Å². The number of carbonyl (C=O) groups is 1. The molecule has 0 amide bonds. The first-order valence-corrected chi connectivity index (χ1v) is 5.16. The van der Waals surface area contributed by atoms with Crippen LogP contribution in [0.5, 0.6) is 0 Å². The van der Waals surface area contributed by atoms with Crippen LogP contribution in [0.2, 0.25) is 0 Å². The van der Waals surface area contributed by atoms with Gasteiger partial charge in [-0.3, -0.25) is 4.98 Å². The van der Waals surface area contributed by atoms with Gasteiger partial charge in [-0.25, -0.2) is 9.59 Å². The minimum Gasteiger partial charge on any atom is -0.478 e. The molecule has 2 N–H and O–H groups in total. The molecule has 0 saturated heterocycles. The summed E-state index contributed by atoms with van der Waals surface area (Å²) in [5.41, 5.74) is 2.11. The van der Waals surface area contributed by atoms with Gasteiger partial charge in [0.25, 0.3) is 0 Å². The Morgan fingerprint density at radius 3 is 3.00 bits per heavy atom. The molecule has 0 aliphatic carbocycles. The zero-order valence-electron chi connectivity index (χ0n) is 9.60. The molecule has 6 heteroatoms. The number of benzene rings is 1. The number of aliphatic carboxylic acids is 1. The molecule has 1 heterocycles. The molecule has 0 radical (unpaired) electrons. The van der Waals surface area contributed by atoms with E-state index in [0.717, 1.165) is 6.08 Å². The maximum atomic E-state index is 11.0. The van der Waals surface area contributed by atoms with Crippen LogP contribution in [-0.4, -0.2) is 29.8 Å². The number of hydrogen-bond acceptors (Lipinski definition) is 4. The Labute approximate surface area is 101 Å². The molecular weight excluding hydrogens is 238 g/mol. The minimum atomic E-state index is -1.05. The molecule has 1 aromatic carbocycles. The van der Waals surface area contributed by atoms with E-state index in [1.165, 1.54) is 7.11 Å². The summed E-state index contributed by atoms with van der Waals surface area (Å²) < 4.78 is 9.82. The Bertz CT molecular complexity index is 664. The second-order valence-electron chi connectivity index (χ2n) is 3.67. The lowest BCUT2D eigenvalue weighted by atomic mass is 10.1. The third-order valence-electron chi connectivity index (χ3n) is 2.39. The highest BCUT2D eigenvalue weighted by Gasteiger charge is 2.07. The average molecular weight is 249 g/mol. The van der Waals surface area contributed by atoms with Crippen LogP contribution < -0.4 is 5.76 Å². The summed E-state index contributed by atoms with van der Waals surface area (Å²) in [6, 6.07) is 4.93. The molecule has 6 nitrogen and oxygen atoms in total. The van der Waals surface area contributed by atoms with Gasteiger partial charge in [0.05, 0.1) is 12.1 Å². The summed E-state index contributed by atoms with van der Waals surface area (Å²) in [7, 11) is 1.48. The maximum Gasteiger partial charge on any atom is 0.417 e. The van der Waals surface area contributed by atoms with Gasteiger partial charge in [0, 0.05) is 13.2 Å². The molecule has 0 saturated carbocycles. The van der Waals surface area contributed by atoms with Crippen LogP contribution in [-0.2, 0) is 9.53 Å². The Hall–Kier alpha value is -2.34. The first kappa shape index (κ1) is 12.1. The van der Waals surface area contributed by atoms with E-state index in [2.05, 4.69) is 4.98 Å². The van der Waals surface area contributed by atoms with Crippen LogP contribution in [0.3, 0.4) is 0 Å². The quantitative estimate of drug-likeness (QED) is 0.795. The third-order valence-corrected chi connectivity index (χ3v) is 2.39. The van der Waals surface area contributed by atoms with Crippen molar-refractivity contribution in [2.75, 3.05) is 13.7 Å². The number of oxazole rings is 1. The second-order valence-corrected chi connectivity index (χ2v) is 3.67. The number of nitrogens with one attached hydrogen (secondary N) is 1. The van der Waals surface area contributed by atoms with E-state index < -0.39 is 11.7 Å². The van der Waals surface area contributed by atoms with Crippen LogP contribution in [0.25, 0.3) is 16.7 Å². The second kappa shape index (κ2) is 4.89. The summed E-state index contributed by atoms with van der Waals surface area (Å²) in [6.07, 6.45) is 1.07. The molecule has 0 bridgehead atoms. The van der Waals surface area contributed by atoms with Crippen molar-refractivity contribution >= 4 is 22.6 Å². The highest BCUT2D eigenvalue weighted by atomic mass is 16.5. The average Bonchev–Trinajstić information content (AvgIpc) is 2.66. The fourth-order valence-corrected chi connectivity index (χ4v) is 1.66. The number of hydrogen-bond donors (Lipinski definition) is 2. The lowest BCUT2D eigenvalue weighted by Gasteiger charge is -2.05. The van der Waals surface area contributed by atoms with Gasteiger partial charge in [0.1, 0.15) is 0 Å². The Morgan fingerprint density at radius 2 is 2.33 bits per heavy atom. The molecular formula is C12H11NO5. The number of fused-ring (bicyclic) bond motifs is 1. The van der Waals surface area contributed by atoms with Crippen LogP contribution in [0.1, 0.15) is 5.56 Å². The molecule has 0 unspecified atom stereocenters. The SMILES string of the molecule is COC/C(=C\C(=O)O)c1ccc2oc(=O)[nH]c2c1. The predicted molar refractivity (Wildman–Crippen MR) is 64.3 cm³/mol. The van der Waals surface area contributed by atoms with Crippen molar-refractivity contribution in [3.05, 3.63) is 40.4 Å². The molecule has 2 aromatic rings. The third kappa shape index (κ3) is 2.49. The zero-order valence-corrected chi connectivity index (χ0v) is 9.60. The van der Waals surface area contributed by atoms with Crippen LogP contribution in [0.15, 0.2) is 33.5 Å². The zero-order chi connectivity index (χ0) is 13.1. The summed E-state index contributed by atoms with van der Waals surface area (Å²) in [5.74, 6) is -1.60. The lowest BCUT2D eigenvalue weighted by molar-refractivity contribution is -0.131. The van der Waals surface area contributed by atoms with Crippen molar-refractivity contribution in [2.24, 2.45) is 0 Å². The van der Waals surface area contributed by atoms with E-state index in [1.54, 1.807) is 18.2 Å². The molecule has 0 spiro atoms. The lowest BCUT2D eigenvalue weighted by Crippen LogP contribution is -1.99. The highest BCUT2D eigenvalue weighted by Crippen LogP contribution is 2.19. The van der Waals surface area contributed by atoms with E-state index >= 15 is 0 Å².